The molecule has 0 amide bonds. The van der Waals surface area contributed by atoms with Crippen molar-refractivity contribution in [1.29, 1.82) is 5.26 Å². The number of nitrogens with two attached hydrogens (primary N) is 1. The van der Waals surface area contributed by atoms with Crippen LogP contribution in [0.2, 0.25) is 0 Å². The average molecular weight is 312 g/mol. The first-order chi connectivity index (χ1) is 9.84. The van der Waals surface area contributed by atoms with E-state index in [9.17, 15) is 8.42 Å². The largest absolute Gasteiger partial charge is 0.383 e. The van der Waals surface area contributed by atoms with Gasteiger partial charge in [0.05, 0.1) is 19.0 Å². The number of hydrogen-bond donors (Lipinski definition) is 2. The molecule has 0 spiro atoms. The lowest BCUT2D eigenvalue weighted by molar-refractivity contribution is 0.478. The Morgan fingerprint density at radius 2 is 2.29 bits per heavy atom. The van der Waals surface area contributed by atoms with Gasteiger partial charge in [0.2, 0.25) is 0 Å². The summed E-state index contributed by atoms with van der Waals surface area (Å²) in [5, 5.41) is 16.3. The van der Waals surface area contributed by atoms with Gasteiger partial charge in [-0.15, -0.1) is 0 Å². The number of nitrogens with zero attached hydrogens (tertiary/aromatic N) is 4. The molecule has 0 aromatic carbocycles. The third kappa shape index (κ3) is 3.28. The van der Waals surface area contributed by atoms with Crippen molar-refractivity contribution in [3.05, 3.63) is 0 Å². The van der Waals surface area contributed by atoms with Gasteiger partial charge >= 0.3 is 0 Å². The van der Waals surface area contributed by atoms with E-state index < -0.39 is 9.84 Å². The molecule has 1 aromatic heterocycles. The molecular weight excluding hydrogens is 292 g/mol. The third-order valence-electron chi connectivity index (χ3n) is 3.40. The van der Waals surface area contributed by atoms with Crippen molar-refractivity contribution in [3.8, 4) is 6.07 Å². The maximum atomic E-state index is 12.0. The van der Waals surface area contributed by atoms with Gasteiger partial charge in [0.1, 0.15) is 5.82 Å². The maximum Gasteiger partial charge on any atom is 0.182 e. The van der Waals surface area contributed by atoms with E-state index in [1.54, 1.807) is 0 Å². The highest BCUT2D eigenvalue weighted by molar-refractivity contribution is 7.91. The number of aromatic nitrogens is 2. The summed E-state index contributed by atoms with van der Waals surface area (Å²) in [4.78, 5) is 1.99. The Hall–Kier alpha value is -1.79. The quantitative estimate of drug-likeness (QED) is 0.775. The zero-order valence-electron chi connectivity index (χ0n) is 12.2. The first kappa shape index (κ1) is 15.6. The maximum absolute atomic E-state index is 12.0. The molecule has 1 saturated heterocycles. The summed E-state index contributed by atoms with van der Waals surface area (Å²) in [7, 11) is -3.49. The second kappa shape index (κ2) is 5.91. The van der Waals surface area contributed by atoms with Crippen molar-refractivity contribution in [3.63, 3.8) is 0 Å². The van der Waals surface area contributed by atoms with E-state index in [0.29, 0.717) is 18.9 Å². The van der Waals surface area contributed by atoms with Gasteiger partial charge < -0.3 is 16.0 Å². The summed E-state index contributed by atoms with van der Waals surface area (Å²) >= 11 is 0. The third-order valence-corrected chi connectivity index (χ3v) is 4.54. The van der Waals surface area contributed by atoms with Crippen LogP contribution in [0.25, 0.3) is 0 Å². The molecule has 2 rings (SSSR count). The Balaban J connectivity index is 2.46. The van der Waals surface area contributed by atoms with Gasteiger partial charge in [0.15, 0.2) is 20.6 Å². The normalized spacial score (nSPS) is 19.5. The highest BCUT2D eigenvalue weighted by Gasteiger charge is 2.29. The lowest BCUT2D eigenvalue weighted by Gasteiger charge is -2.32. The molecule has 1 fully saturated rings. The fourth-order valence-corrected chi connectivity index (χ4v) is 3.45. The summed E-state index contributed by atoms with van der Waals surface area (Å²) in [6, 6.07) is 2.25. The molecule has 0 radical (unpaired) electrons. The Morgan fingerprint density at radius 3 is 2.86 bits per heavy atom. The van der Waals surface area contributed by atoms with Gasteiger partial charge in [-0.2, -0.15) is 10.4 Å². The fraction of sp³-hybridized carbons (Fsp3) is 0.667. The van der Waals surface area contributed by atoms with Crippen LogP contribution in [-0.4, -0.2) is 50.1 Å². The van der Waals surface area contributed by atoms with Crippen LogP contribution in [0.5, 0.6) is 0 Å². The highest BCUT2D eigenvalue weighted by atomic mass is 32.2. The second-order valence-corrected chi connectivity index (χ2v) is 7.20. The van der Waals surface area contributed by atoms with Crippen LogP contribution < -0.4 is 16.0 Å². The molecule has 0 aliphatic carbocycles. The monoisotopic (exact) mass is 312 g/mol. The van der Waals surface area contributed by atoms with Gasteiger partial charge in [0.25, 0.3) is 0 Å². The molecule has 1 aliphatic rings. The fourth-order valence-electron chi connectivity index (χ4n) is 2.46. The highest BCUT2D eigenvalue weighted by Crippen LogP contribution is 2.30. The molecule has 0 saturated carbocycles. The minimum absolute atomic E-state index is 0.0644. The molecule has 2 heterocycles. The van der Waals surface area contributed by atoms with E-state index >= 15 is 0 Å². The van der Waals surface area contributed by atoms with Crippen LogP contribution in [0, 0.1) is 11.3 Å². The SMILES string of the molecule is C[C@H]1CN(c2nn(CCC#N)c(N)c2S(C)(=O)=O)CCN1. The Bertz CT molecular complexity index is 660. The smallest absolute Gasteiger partial charge is 0.182 e. The summed E-state index contributed by atoms with van der Waals surface area (Å²) in [6.07, 6.45) is 1.36. The molecule has 1 atom stereocenters. The second-order valence-electron chi connectivity index (χ2n) is 5.24. The van der Waals surface area contributed by atoms with Crippen molar-refractivity contribution in [1.82, 2.24) is 15.1 Å². The molecule has 116 valence electrons. The van der Waals surface area contributed by atoms with E-state index in [4.69, 9.17) is 11.0 Å². The van der Waals surface area contributed by atoms with Crippen LogP contribution in [0.3, 0.4) is 0 Å². The van der Waals surface area contributed by atoms with E-state index in [1.165, 1.54) is 4.68 Å². The minimum Gasteiger partial charge on any atom is -0.383 e. The molecule has 21 heavy (non-hydrogen) atoms. The number of nitrogens with one attached hydrogen (secondary N) is 1. The van der Waals surface area contributed by atoms with Crippen LogP contribution in [0.1, 0.15) is 13.3 Å². The van der Waals surface area contributed by atoms with Gasteiger partial charge in [0, 0.05) is 31.9 Å². The zero-order valence-corrected chi connectivity index (χ0v) is 13.0. The number of anilines is 2. The predicted octanol–water partition coefficient (Wildman–Crippen LogP) is -0.419. The molecule has 0 unspecified atom stereocenters. The molecular formula is C12H20N6O2S. The summed E-state index contributed by atoms with van der Waals surface area (Å²) in [6.45, 7) is 4.41. The zero-order chi connectivity index (χ0) is 15.6. The van der Waals surface area contributed by atoms with E-state index in [0.717, 1.165) is 12.8 Å². The van der Waals surface area contributed by atoms with E-state index in [2.05, 4.69) is 10.4 Å². The molecule has 8 nitrogen and oxygen atoms in total. The van der Waals surface area contributed by atoms with Crippen LogP contribution in [0.15, 0.2) is 4.90 Å². The van der Waals surface area contributed by atoms with Gasteiger partial charge in [-0.3, -0.25) is 0 Å². The van der Waals surface area contributed by atoms with Crippen molar-refractivity contribution in [2.75, 3.05) is 36.5 Å². The first-order valence-electron chi connectivity index (χ1n) is 6.76. The van der Waals surface area contributed by atoms with Crippen LogP contribution >= 0.6 is 0 Å². The molecule has 1 aliphatic heterocycles. The molecule has 0 bridgehead atoms. The number of sulfone groups is 1. The number of hydrogen-bond acceptors (Lipinski definition) is 7. The summed E-state index contributed by atoms with van der Waals surface area (Å²) in [5.74, 6) is 0.496. The number of aryl methyl sites for hydroxylation is 1. The van der Waals surface area contributed by atoms with Crippen LogP contribution in [0.4, 0.5) is 11.6 Å². The van der Waals surface area contributed by atoms with Gasteiger partial charge in [-0.05, 0) is 6.92 Å². The Kier molecular flexibility index (Phi) is 4.39. The van der Waals surface area contributed by atoms with Gasteiger partial charge in [-0.25, -0.2) is 13.1 Å². The summed E-state index contributed by atoms with van der Waals surface area (Å²) < 4.78 is 25.5. The Morgan fingerprint density at radius 1 is 1.57 bits per heavy atom. The topological polar surface area (TPSA) is 117 Å². The number of piperazine rings is 1. The van der Waals surface area contributed by atoms with Gasteiger partial charge in [-0.1, -0.05) is 0 Å². The molecule has 1 aromatic rings. The van der Waals surface area contributed by atoms with E-state index in [-0.39, 0.29) is 29.7 Å². The first-order valence-corrected chi connectivity index (χ1v) is 8.65. The molecule has 3 N–H and O–H groups in total. The average Bonchev–Trinajstić information content (AvgIpc) is 2.73. The lowest BCUT2D eigenvalue weighted by atomic mass is 10.2. The summed E-state index contributed by atoms with van der Waals surface area (Å²) in [5.41, 5.74) is 5.94. The minimum atomic E-state index is -3.49. The standard InChI is InChI=1S/C12H20N6O2S/c1-9-8-17(7-5-15-9)12-10(21(2,19)20)11(14)18(16-12)6-3-4-13/h9,15H,3,5-8,14H2,1-2H3/t9-/m0/s1. The number of nitrogen functional groups attached to an aromatic ring is 1. The van der Waals surface area contributed by atoms with Crippen LogP contribution in [-0.2, 0) is 16.4 Å². The van der Waals surface area contributed by atoms with Crippen molar-refractivity contribution in [2.45, 2.75) is 30.8 Å². The molecule has 9 heteroatoms. The van der Waals surface area contributed by atoms with Crippen molar-refractivity contribution >= 4 is 21.5 Å². The van der Waals surface area contributed by atoms with Crippen molar-refractivity contribution < 1.29 is 8.42 Å². The number of rotatable bonds is 4. The Labute approximate surface area is 124 Å². The number of nitriles is 1. The van der Waals surface area contributed by atoms with E-state index in [1.807, 2.05) is 17.9 Å². The van der Waals surface area contributed by atoms with Crippen molar-refractivity contribution in [2.24, 2.45) is 0 Å². The predicted molar refractivity (Wildman–Crippen MR) is 79.7 cm³/mol. The lowest BCUT2D eigenvalue weighted by Crippen LogP contribution is -2.49.